The predicted octanol–water partition coefficient (Wildman–Crippen LogP) is 1.83. The molecule has 1 aliphatic carbocycles. The number of aliphatic hydroxyl groups is 1. The number of amides is 1. The van der Waals surface area contributed by atoms with Gasteiger partial charge in [-0.25, -0.2) is 9.67 Å². The Morgan fingerprint density at radius 1 is 1.31 bits per heavy atom. The first-order valence-corrected chi connectivity index (χ1v) is 8.78. The van der Waals surface area contributed by atoms with E-state index in [0.29, 0.717) is 24.2 Å². The van der Waals surface area contributed by atoms with Crippen molar-refractivity contribution in [3.05, 3.63) is 35.7 Å². The second kappa shape index (κ2) is 8.62. The second-order valence-corrected chi connectivity index (χ2v) is 6.71. The van der Waals surface area contributed by atoms with E-state index in [1.54, 1.807) is 24.3 Å². The van der Waals surface area contributed by atoms with Crippen LogP contribution < -0.4 is 11.5 Å². The zero-order valence-corrected chi connectivity index (χ0v) is 15.7. The number of primary amides is 1. The molecule has 2 aromatic rings. The second-order valence-electron chi connectivity index (χ2n) is 6.71. The highest BCUT2D eigenvalue weighted by Gasteiger charge is 2.34. The Hall–Kier alpha value is -1.96. The van der Waals surface area contributed by atoms with Crippen LogP contribution >= 0.6 is 12.4 Å². The maximum Gasteiger partial charge on any atom is 0.248 e. The summed E-state index contributed by atoms with van der Waals surface area (Å²) in [6.07, 6.45) is 2.92. The summed E-state index contributed by atoms with van der Waals surface area (Å²) in [5.41, 5.74) is 12.5. The van der Waals surface area contributed by atoms with Crippen LogP contribution in [0.4, 0.5) is 0 Å². The first kappa shape index (κ1) is 20.4. The zero-order chi connectivity index (χ0) is 18.0. The molecule has 1 aliphatic rings. The average molecular weight is 380 g/mol. The number of unbranched alkanes of at least 4 members (excludes halogenated alkanes) is 1. The van der Waals surface area contributed by atoms with Crippen LogP contribution in [0.25, 0.3) is 11.4 Å². The lowest BCUT2D eigenvalue weighted by Crippen LogP contribution is -2.28. The van der Waals surface area contributed by atoms with Crippen molar-refractivity contribution in [2.45, 2.75) is 57.2 Å². The normalized spacial score (nSPS) is 22.2. The molecule has 0 unspecified atom stereocenters. The Morgan fingerprint density at radius 2 is 2.00 bits per heavy atom. The van der Waals surface area contributed by atoms with Gasteiger partial charge < -0.3 is 16.6 Å². The molecule has 0 saturated heterocycles. The van der Waals surface area contributed by atoms with Crippen LogP contribution in [0.2, 0.25) is 0 Å². The molecule has 0 spiro atoms. The van der Waals surface area contributed by atoms with Crippen LogP contribution in [0, 0.1) is 0 Å². The molecule has 1 saturated carbocycles. The van der Waals surface area contributed by atoms with Crippen molar-refractivity contribution in [1.82, 2.24) is 14.8 Å². The molecule has 1 heterocycles. The van der Waals surface area contributed by atoms with Gasteiger partial charge in [0.2, 0.25) is 5.91 Å². The van der Waals surface area contributed by atoms with Crippen molar-refractivity contribution in [3.8, 4) is 11.4 Å². The van der Waals surface area contributed by atoms with E-state index in [2.05, 4.69) is 12.0 Å². The van der Waals surface area contributed by atoms with E-state index in [9.17, 15) is 9.90 Å². The molecule has 26 heavy (non-hydrogen) atoms. The largest absolute Gasteiger partial charge is 0.391 e. The van der Waals surface area contributed by atoms with E-state index >= 15 is 0 Å². The molecule has 1 amide bonds. The maximum absolute atomic E-state index is 11.2. The number of nitrogens with two attached hydrogens (primary N) is 2. The summed E-state index contributed by atoms with van der Waals surface area (Å²) in [5, 5.41) is 14.6. The Bertz CT molecular complexity index is 737. The minimum atomic E-state index is -0.486. The lowest BCUT2D eigenvalue weighted by atomic mass is 10.1. The molecule has 1 aromatic heterocycles. The summed E-state index contributed by atoms with van der Waals surface area (Å²) in [4.78, 5) is 15.9. The Kier molecular flexibility index (Phi) is 6.75. The van der Waals surface area contributed by atoms with Gasteiger partial charge >= 0.3 is 0 Å². The summed E-state index contributed by atoms with van der Waals surface area (Å²) in [6.45, 7) is 2.93. The summed E-state index contributed by atoms with van der Waals surface area (Å²) in [6, 6.07) is 6.76. The van der Waals surface area contributed by atoms with Gasteiger partial charge in [-0.05, 0) is 31.4 Å². The van der Waals surface area contributed by atoms with Crippen molar-refractivity contribution >= 4 is 18.3 Å². The first-order chi connectivity index (χ1) is 12.0. The molecular weight excluding hydrogens is 354 g/mol. The van der Waals surface area contributed by atoms with Crippen LogP contribution in [0.1, 0.15) is 54.7 Å². The third kappa shape index (κ3) is 4.23. The van der Waals surface area contributed by atoms with Crippen molar-refractivity contribution in [2.24, 2.45) is 11.5 Å². The molecule has 3 rings (SSSR count). The summed E-state index contributed by atoms with van der Waals surface area (Å²) in [7, 11) is 0. The molecule has 0 bridgehead atoms. The quantitative estimate of drug-likeness (QED) is 0.707. The van der Waals surface area contributed by atoms with E-state index < -0.39 is 12.0 Å². The summed E-state index contributed by atoms with van der Waals surface area (Å²) < 4.78 is 1.94. The molecule has 1 fully saturated rings. The van der Waals surface area contributed by atoms with E-state index in [1.165, 1.54) is 0 Å². The lowest BCUT2D eigenvalue weighted by molar-refractivity contribution is 0.100. The number of carbonyl (C=O) groups is 1. The van der Waals surface area contributed by atoms with Crippen LogP contribution in [0.3, 0.4) is 0 Å². The van der Waals surface area contributed by atoms with Crippen molar-refractivity contribution < 1.29 is 9.90 Å². The third-order valence-corrected chi connectivity index (χ3v) is 4.79. The Balaban J connectivity index is 0.00000243. The number of aliphatic hydroxyl groups excluding tert-OH is 1. The van der Waals surface area contributed by atoms with Gasteiger partial charge in [-0.2, -0.15) is 5.10 Å². The highest BCUT2D eigenvalue weighted by atomic mass is 35.5. The monoisotopic (exact) mass is 379 g/mol. The van der Waals surface area contributed by atoms with Crippen LogP contribution in [0.5, 0.6) is 0 Å². The first-order valence-electron chi connectivity index (χ1n) is 8.78. The number of carbonyl (C=O) groups excluding carboxylic acids is 1. The molecule has 8 heteroatoms. The third-order valence-electron chi connectivity index (χ3n) is 4.79. The van der Waals surface area contributed by atoms with Gasteiger partial charge in [0.15, 0.2) is 5.82 Å². The highest BCUT2D eigenvalue weighted by Crippen LogP contribution is 2.34. The summed E-state index contributed by atoms with van der Waals surface area (Å²) in [5.74, 6) is 1.17. The average Bonchev–Trinajstić information content (AvgIpc) is 3.17. The van der Waals surface area contributed by atoms with Gasteiger partial charge in [-0.1, -0.05) is 25.5 Å². The molecule has 0 radical (unpaired) electrons. The van der Waals surface area contributed by atoms with Crippen molar-refractivity contribution in [1.29, 1.82) is 0 Å². The van der Waals surface area contributed by atoms with Gasteiger partial charge in [-0.3, -0.25) is 4.79 Å². The number of halogens is 1. The van der Waals surface area contributed by atoms with Gasteiger partial charge in [0.05, 0.1) is 6.10 Å². The minimum Gasteiger partial charge on any atom is -0.391 e. The SMILES string of the molecule is CCCCn1nc(-c2ccc(C(N)=O)cc2)nc1[C@H]1C[C@@H](N)[C@H](O)C1.Cl. The van der Waals surface area contributed by atoms with E-state index in [4.69, 9.17) is 16.5 Å². The molecule has 142 valence electrons. The Morgan fingerprint density at radius 3 is 2.54 bits per heavy atom. The van der Waals surface area contributed by atoms with E-state index in [1.807, 2.05) is 4.68 Å². The molecule has 0 aliphatic heterocycles. The predicted molar refractivity (Wildman–Crippen MR) is 102 cm³/mol. The minimum absolute atomic E-state index is 0. The Labute approximate surface area is 159 Å². The number of aryl methyl sites for hydroxylation is 1. The van der Waals surface area contributed by atoms with Crippen LogP contribution in [-0.4, -0.2) is 37.9 Å². The summed E-state index contributed by atoms with van der Waals surface area (Å²) >= 11 is 0. The number of benzene rings is 1. The molecule has 3 atom stereocenters. The maximum atomic E-state index is 11.2. The molecule has 1 aromatic carbocycles. The van der Waals surface area contributed by atoms with Crippen LogP contribution in [-0.2, 0) is 6.54 Å². The van der Waals surface area contributed by atoms with Gasteiger partial charge in [0.1, 0.15) is 5.82 Å². The number of hydrogen-bond acceptors (Lipinski definition) is 5. The number of aromatic nitrogens is 3. The molecule has 7 nitrogen and oxygen atoms in total. The standard InChI is InChI=1S/C18H25N5O2.ClH/c1-2-3-8-23-18(13-9-14(19)15(24)10-13)21-17(22-23)12-6-4-11(5-7-12)16(20)25;/h4-7,13-15,24H,2-3,8-10,19H2,1H3,(H2,20,25);1H/t13-,14+,15+;/m0./s1. The topological polar surface area (TPSA) is 120 Å². The fourth-order valence-corrected chi connectivity index (χ4v) is 3.29. The van der Waals surface area contributed by atoms with Gasteiger partial charge in [0, 0.05) is 29.6 Å². The van der Waals surface area contributed by atoms with Crippen LogP contribution in [0.15, 0.2) is 24.3 Å². The fourth-order valence-electron chi connectivity index (χ4n) is 3.29. The fraction of sp³-hybridized carbons (Fsp3) is 0.500. The van der Waals surface area contributed by atoms with Gasteiger partial charge in [0.25, 0.3) is 0 Å². The number of nitrogens with zero attached hydrogens (tertiary/aromatic N) is 3. The molecular formula is C18H26ClN5O2. The smallest absolute Gasteiger partial charge is 0.248 e. The highest BCUT2D eigenvalue weighted by molar-refractivity contribution is 5.93. The van der Waals surface area contributed by atoms with Gasteiger partial charge in [-0.15, -0.1) is 12.4 Å². The van der Waals surface area contributed by atoms with E-state index in [0.717, 1.165) is 30.8 Å². The molecule has 5 N–H and O–H groups in total. The van der Waals surface area contributed by atoms with Crippen molar-refractivity contribution in [2.75, 3.05) is 0 Å². The number of hydrogen-bond donors (Lipinski definition) is 3. The van der Waals surface area contributed by atoms with Crippen molar-refractivity contribution in [3.63, 3.8) is 0 Å². The number of rotatable bonds is 6. The lowest BCUT2D eigenvalue weighted by Gasteiger charge is -2.10. The zero-order valence-electron chi connectivity index (χ0n) is 14.8. The van der Waals surface area contributed by atoms with E-state index in [-0.39, 0.29) is 24.4 Å².